The molecule has 1 aromatic heterocycles. The fraction of sp³-hybridized carbons (Fsp3) is 0.583. The first-order valence-corrected chi connectivity index (χ1v) is 6.57. The van der Waals surface area contributed by atoms with Crippen LogP contribution in [0.3, 0.4) is 0 Å². The molecule has 0 atom stereocenters. The Labute approximate surface area is 111 Å². The average molecular weight is 270 g/mol. The average Bonchev–Trinajstić information content (AvgIpc) is 2.61. The minimum absolute atomic E-state index is 0.168. The highest BCUT2D eigenvalue weighted by atomic mass is 32.1. The van der Waals surface area contributed by atoms with E-state index in [1.54, 1.807) is 12.4 Å². The van der Waals surface area contributed by atoms with Gasteiger partial charge in [0.15, 0.2) is 0 Å². The number of aryl methyl sites for hydroxylation is 1. The zero-order valence-corrected chi connectivity index (χ0v) is 11.9. The molecule has 0 fully saturated rings. The second kappa shape index (κ2) is 5.95. The molecular weight excluding hydrogens is 252 g/mol. The van der Waals surface area contributed by atoms with Crippen LogP contribution < -0.4 is 5.32 Å². The van der Waals surface area contributed by atoms with Crippen molar-refractivity contribution < 1.29 is 14.3 Å². The molecule has 0 saturated carbocycles. The molecule has 1 rings (SSSR count). The second-order valence-electron chi connectivity index (χ2n) is 4.86. The predicted octanol–water partition coefficient (Wildman–Crippen LogP) is 1.91. The van der Waals surface area contributed by atoms with Gasteiger partial charge in [-0.05, 0) is 27.7 Å². The summed E-state index contributed by atoms with van der Waals surface area (Å²) in [5.74, 6) is -0.512. The summed E-state index contributed by atoms with van der Waals surface area (Å²) in [6, 6.07) is 0. The van der Waals surface area contributed by atoms with Crippen LogP contribution in [0.4, 0.5) is 0 Å². The van der Waals surface area contributed by atoms with Gasteiger partial charge in [0, 0.05) is 6.54 Å². The second-order valence-corrected chi connectivity index (χ2v) is 5.71. The lowest BCUT2D eigenvalue weighted by Gasteiger charge is -2.19. The number of hydrogen-bond acceptors (Lipinski definition) is 5. The topological polar surface area (TPSA) is 68.3 Å². The zero-order valence-electron chi connectivity index (χ0n) is 11.1. The molecule has 1 heterocycles. The maximum absolute atomic E-state index is 11.7. The molecule has 0 radical (unpaired) electrons. The molecule has 100 valence electrons. The van der Waals surface area contributed by atoms with Gasteiger partial charge in [0.1, 0.15) is 10.5 Å². The van der Waals surface area contributed by atoms with Crippen LogP contribution in [0.2, 0.25) is 0 Å². The lowest BCUT2D eigenvalue weighted by molar-refractivity contribution is -0.154. The first kappa shape index (κ1) is 14.6. The van der Waals surface area contributed by atoms with E-state index >= 15 is 0 Å². The summed E-state index contributed by atoms with van der Waals surface area (Å²) < 4.78 is 5.13. The standard InChI is InChI=1S/C12H18N2O3S/c1-8-10(18-7-14-8)11(16)13-6-5-9(15)17-12(2,3)4/h7H,5-6H2,1-4H3,(H,13,16). The maximum atomic E-state index is 11.7. The van der Waals surface area contributed by atoms with Crippen molar-refractivity contribution >= 4 is 23.2 Å². The van der Waals surface area contributed by atoms with Gasteiger partial charge >= 0.3 is 5.97 Å². The number of amides is 1. The van der Waals surface area contributed by atoms with E-state index in [1.165, 1.54) is 11.3 Å². The third-order valence-electron chi connectivity index (χ3n) is 1.99. The summed E-state index contributed by atoms with van der Waals surface area (Å²) in [6.07, 6.45) is 0.168. The van der Waals surface area contributed by atoms with Gasteiger partial charge in [0.25, 0.3) is 5.91 Å². The summed E-state index contributed by atoms with van der Waals surface area (Å²) in [6.45, 7) is 7.48. The molecule has 1 aromatic rings. The number of hydrogen-bond donors (Lipinski definition) is 1. The normalized spacial score (nSPS) is 11.1. The number of nitrogens with one attached hydrogen (secondary N) is 1. The van der Waals surface area contributed by atoms with Crippen molar-refractivity contribution in [3.8, 4) is 0 Å². The highest BCUT2D eigenvalue weighted by molar-refractivity contribution is 7.11. The van der Waals surface area contributed by atoms with E-state index in [-0.39, 0.29) is 24.8 Å². The smallest absolute Gasteiger partial charge is 0.308 e. The highest BCUT2D eigenvalue weighted by Crippen LogP contribution is 2.11. The van der Waals surface area contributed by atoms with Crippen LogP contribution in [0.5, 0.6) is 0 Å². The van der Waals surface area contributed by atoms with Crippen molar-refractivity contribution in [3.63, 3.8) is 0 Å². The first-order valence-electron chi connectivity index (χ1n) is 5.70. The van der Waals surface area contributed by atoms with Gasteiger partial charge in [-0.15, -0.1) is 11.3 Å². The van der Waals surface area contributed by atoms with Crippen molar-refractivity contribution in [2.75, 3.05) is 6.54 Å². The molecule has 18 heavy (non-hydrogen) atoms. The number of ether oxygens (including phenoxy) is 1. The Bertz CT molecular complexity index is 435. The van der Waals surface area contributed by atoms with Gasteiger partial charge < -0.3 is 10.1 Å². The SMILES string of the molecule is Cc1ncsc1C(=O)NCCC(=O)OC(C)(C)C. The molecule has 0 spiro atoms. The maximum Gasteiger partial charge on any atom is 0.308 e. The van der Waals surface area contributed by atoms with Crippen molar-refractivity contribution in [2.24, 2.45) is 0 Å². The molecule has 0 bridgehead atoms. The molecule has 0 aliphatic heterocycles. The van der Waals surface area contributed by atoms with Crippen molar-refractivity contribution in [2.45, 2.75) is 39.7 Å². The number of aromatic nitrogens is 1. The van der Waals surface area contributed by atoms with Gasteiger partial charge in [-0.1, -0.05) is 0 Å². The van der Waals surface area contributed by atoms with Gasteiger partial charge in [-0.3, -0.25) is 9.59 Å². The number of nitrogens with zero attached hydrogens (tertiary/aromatic N) is 1. The number of carbonyl (C=O) groups excluding carboxylic acids is 2. The van der Waals surface area contributed by atoms with Gasteiger partial charge in [-0.25, -0.2) is 4.98 Å². The number of rotatable bonds is 4. The summed E-state index contributed by atoms with van der Waals surface area (Å²) in [5.41, 5.74) is 1.84. The fourth-order valence-electron chi connectivity index (χ4n) is 1.27. The Morgan fingerprint density at radius 3 is 2.61 bits per heavy atom. The van der Waals surface area contributed by atoms with Crippen molar-refractivity contribution in [3.05, 3.63) is 16.1 Å². The quantitative estimate of drug-likeness (QED) is 0.849. The monoisotopic (exact) mass is 270 g/mol. The van der Waals surface area contributed by atoms with E-state index in [2.05, 4.69) is 10.3 Å². The molecule has 1 N–H and O–H groups in total. The molecule has 1 amide bonds. The first-order chi connectivity index (χ1) is 8.29. The molecule has 0 aliphatic rings. The number of carbonyl (C=O) groups is 2. The third kappa shape index (κ3) is 4.83. The predicted molar refractivity (Wildman–Crippen MR) is 69.6 cm³/mol. The van der Waals surface area contributed by atoms with Gasteiger partial charge in [0.05, 0.1) is 17.6 Å². The van der Waals surface area contributed by atoms with Crippen LogP contribution in [0.15, 0.2) is 5.51 Å². The lowest BCUT2D eigenvalue weighted by atomic mass is 10.2. The van der Waals surface area contributed by atoms with E-state index in [0.717, 1.165) is 0 Å². The largest absolute Gasteiger partial charge is 0.460 e. The Kier molecular flexibility index (Phi) is 4.84. The summed E-state index contributed by atoms with van der Waals surface area (Å²) in [7, 11) is 0. The highest BCUT2D eigenvalue weighted by Gasteiger charge is 2.16. The molecule has 0 saturated heterocycles. The van der Waals surface area contributed by atoms with E-state index in [0.29, 0.717) is 10.6 Å². The summed E-state index contributed by atoms with van der Waals surface area (Å²) in [4.78, 5) is 27.7. The van der Waals surface area contributed by atoms with Crippen LogP contribution in [0.1, 0.15) is 42.6 Å². The molecule has 5 nitrogen and oxygen atoms in total. The summed E-state index contributed by atoms with van der Waals surface area (Å²) in [5, 5.41) is 2.67. The molecule has 0 unspecified atom stereocenters. The molecule has 6 heteroatoms. The van der Waals surface area contributed by atoms with E-state index in [9.17, 15) is 9.59 Å². The van der Waals surface area contributed by atoms with Crippen LogP contribution in [0, 0.1) is 6.92 Å². The molecule has 0 aliphatic carbocycles. The number of esters is 1. The van der Waals surface area contributed by atoms with E-state index < -0.39 is 5.60 Å². The van der Waals surface area contributed by atoms with Crippen LogP contribution in [-0.4, -0.2) is 29.0 Å². The van der Waals surface area contributed by atoms with Gasteiger partial charge in [0.2, 0.25) is 0 Å². The van der Waals surface area contributed by atoms with Crippen molar-refractivity contribution in [1.29, 1.82) is 0 Å². The van der Waals surface area contributed by atoms with E-state index in [4.69, 9.17) is 4.74 Å². The minimum Gasteiger partial charge on any atom is -0.460 e. The Morgan fingerprint density at radius 1 is 1.44 bits per heavy atom. The minimum atomic E-state index is -0.491. The van der Waals surface area contributed by atoms with Crippen LogP contribution in [-0.2, 0) is 9.53 Å². The molecular formula is C12H18N2O3S. The fourth-order valence-corrected chi connectivity index (χ4v) is 1.99. The van der Waals surface area contributed by atoms with Crippen LogP contribution in [0.25, 0.3) is 0 Å². The van der Waals surface area contributed by atoms with Gasteiger partial charge in [-0.2, -0.15) is 0 Å². The Morgan fingerprint density at radius 2 is 2.11 bits per heavy atom. The Balaban J connectivity index is 2.33. The third-order valence-corrected chi connectivity index (χ3v) is 2.91. The van der Waals surface area contributed by atoms with E-state index in [1.807, 2.05) is 20.8 Å². The summed E-state index contributed by atoms with van der Waals surface area (Å²) >= 11 is 1.29. The zero-order chi connectivity index (χ0) is 13.8. The van der Waals surface area contributed by atoms with Crippen molar-refractivity contribution in [1.82, 2.24) is 10.3 Å². The molecule has 0 aromatic carbocycles. The van der Waals surface area contributed by atoms with Crippen LogP contribution >= 0.6 is 11.3 Å². The Hall–Kier alpha value is -1.43. The lowest BCUT2D eigenvalue weighted by Crippen LogP contribution is -2.29. The number of thiazole rings is 1.